The van der Waals surface area contributed by atoms with Crippen LogP contribution in [0.1, 0.15) is 5.56 Å². The Morgan fingerprint density at radius 2 is 1.91 bits per heavy atom. The van der Waals surface area contributed by atoms with Gasteiger partial charge >= 0.3 is 0 Å². The lowest BCUT2D eigenvalue weighted by atomic mass is 10.0. The lowest BCUT2D eigenvalue weighted by Crippen LogP contribution is -2.48. The molecule has 5 heteroatoms. The van der Waals surface area contributed by atoms with E-state index in [-0.39, 0.29) is 11.8 Å². The second-order valence-electron chi connectivity index (χ2n) is 5.80. The lowest BCUT2D eigenvalue weighted by Gasteiger charge is -2.34. The first-order valence-corrected chi connectivity index (χ1v) is 8.36. The van der Waals surface area contributed by atoms with Gasteiger partial charge in [-0.2, -0.15) is 0 Å². The maximum absolute atomic E-state index is 11.6. The van der Waals surface area contributed by atoms with Gasteiger partial charge in [-0.3, -0.25) is 9.69 Å². The van der Waals surface area contributed by atoms with E-state index in [1.165, 1.54) is 16.3 Å². The van der Waals surface area contributed by atoms with Gasteiger partial charge in [-0.25, -0.2) is 0 Å². The molecule has 0 radical (unpaired) electrons. The molecule has 1 fully saturated rings. The third-order valence-corrected chi connectivity index (χ3v) is 4.62. The molecule has 0 aliphatic carbocycles. The first-order chi connectivity index (χ1) is 11.2. The van der Waals surface area contributed by atoms with Gasteiger partial charge < -0.3 is 9.64 Å². The Bertz CT molecular complexity index is 696. The summed E-state index contributed by atoms with van der Waals surface area (Å²) in [5.41, 5.74) is 1.26. The third-order valence-electron chi connectivity index (χ3n) is 4.39. The van der Waals surface area contributed by atoms with Gasteiger partial charge in [0.25, 0.3) is 0 Å². The highest BCUT2D eigenvalue weighted by Gasteiger charge is 2.21. The number of rotatable bonds is 4. The van der Waals surface area contributed by atoms with Crippen molar-refractivity contribution in [3.05, 3.63) is 42.0 Å². The molecule has 122 valence electrons. The quantitative estimate of drug-likeness (QED) is 0.807. The average molecular weight is 333 g/mol. The molecular formula is C18H21ClN2O2. The number of alkyl halides is 1. The zero-order chi connectivity index (χ0) is 16.2. The molecule has 2 aromatic carbocycles. The van der Waals surface area contributed by atoms with Crippen molar-refractivity contribution in [2.75, 3.05) is 39.2 Å². The molecule has 0 bridgehead atoms. The summed E-state index contributed by atoms with van der Waals surface area (Å²) < 4.78 is 5.43. The molecule has 3 rings (SSSR count). The molecule has 1 saturated heterocycles. The van der Waals surface area contributed by atoms with E-state index in [9.17, 15) is 4.79 Å². The zero-order valence-electron chi connectivity index (χ0n) is 13.3. The maximum Gasteiger partial charge on any atom is 0.237 e. The molecule has 23 heavy (non-hydrogen) atoms. The normalized spacial score (nSPS) is 15.8. The number of piperazine rings is 1. The Morgan fingerprint density at radius 3 is 2.61 bits per heavy atom. The van der Waals surface area contributed by atoms with Gasteiger partial charge in [-0.05, 0) is 28.5 Å². The van der Waals surface area contributed by atoms with Crippen molar-refractivity contribution in [2.24, 2.45) is 0 Å². The van der Waals surface area contributed by atoms with E-state index >= 15 is 0 Å². The average Bonchev–Trinajstić information content (AvgIpc) is 2.61. The zero-order valence-corrected chi connectivity index (χ0v) is 14.1. The van der Waals surface area contributed by atoms with E-state index in [2.05, 4.69) is 35.2 Å². The van der Waals surface area contributed by atoms with Crippen LogP contribution < -0.4 is 4.74 Å². The Labute approximate surface area is 141 Å². The summed E-state index contributed by atoms with van der Waals surface area (Å²) >= 11 is 5.63. The molecule has 0 atom stereocenters. The standard InChI is InChI=1S/C18H21ClN2O2/c1-23-16-10-14-4-2-3-5-17(14)15(11-16)13-20-6-8-21(9-7-20)18(22)12-19/h2-5,10-11H,6-9,12-13H2,1H3. The first kappa shape index (κ1) is 16.1. The Morgan fingerprint density at radius 1 is 1.17 bits per heavy atom. The van der Waals surface area contributed by atoms with Gasteiger partial charge in [0.2, 0.25) is 5.91 Å². The Kier molecular flexibility index (Phi) is 5.03. The van der Waals surface area contributed by atoms with Gasteiger partial charge in [0, 0.05) is 32.7 Å². The van der Waals surface area contributed by atoms with E-state index in [0.29, 0.717) is 0 Å². The van der Waals surface area contributed by atoms with Crippen molar-refractivity contribution in [3.63, 3.8) is 0 Å². The van der Waals surface area contributed by atoms with Crippen molar-refractivity contribution in [3.8, 4) is 5.75 Å². The number of hydrogen-bond acceptors (Lipinski definition) is 3. The summed E-state index contributed by atoms with van der Waals surface area (Å²) in [6.45, 7) is 4.09. The molecule has 4 nitrogen and oxygen atoms in total. The number of benzene rings is 2. The second kappa shape index (κ2) is 7.20. The van der Waals surface area contributed by atoms with Crippen LogP contribution in [0.15, 0.2) is 36.4 Å². The lowest BCUT2D eigenvalue weighted by molar-refractivity contribution is -0.130. The topological polar surface area (TPSA) is 32.8 Å². The van der Waals surface area contributed by atoms with E-state index in [0.717, 1.165) is 38.5 Å². The minimum atomic E-state index is 0.0261. The smallest absolute Gasteiger partial charge is 0.237 e. The minimum absolute atomic E-state index is 0.0261. The summed E-state index contributed by atoms with van der Waals surface area (Å²) in [6.07, 6.45) is 0. The Hall–Kier alpha value is -1.78. The minimum Gasteiger partial charge on any atom is -0.497 e. The van der Waals surface area contributed by atoms with Crippen molar-refractivity contribution in [2.45, 2.75) is 6.54 Å². The summed E-state index contributed by atoms with van der Waals surface area (Å²) in [5, 5.41) is 2.45. The van der Waals surface area contributed by atoms with Crippen molar-refractivity contribution < 1.29 is 9.53 Å². The first-order valence-electron chi connectivity index (χ1n) is 7.83. The van der Waals surface area contributed by atoms with Crippen LogP contribution in [0, 0.1) is 0 Å². The van der Waals surface area contributed by atoms with E-state index in [1.54, 1.807) is 7.11 Å². The van der Waals surface area contributed by atoms with Crippen LogP contribution in [0.25, 0.3) is 10.8 Å². The number of carbonyl (C=O) groups excluding carboxylic acids is 1. The summed E-state index contributed by atoms with van der Waals surface area (Å²) in [7, 11) is 1.70. The molecule has 2 aromatic rings. The number of carbonyl (C=O) groups is 1. The summed E-state index contributed by atoms with van der Waals surface area (Å²) in [5.74, 6) is 0.980. The van der Waals surface area contributed by atoms with Crippen molar-refractivity contribution in [1.82, 2.24) is 9.80 Å². The number of nitrogens with zero attached hydrogens (tertiary/aromatic N) is 2. The van der Waals surface area contributed by atoms with E-state index < -0.39 is 0 Å². The molecule has 0 saturated carbocycles. The fraction of sp³-hybridized carbons (Fsp3) is 0.389. The molecule has 0 aromatic heterocycles. The van der Waals surface area contributed by atoms with Gasteiger partial charge in [-0.1, -0.05) is 24.3 Å². The number of fused-ring (bicyclic) bond motifs is 1. The molecule has 1 aliphatic rings. The molecular weight excluding hydrogens is 312 g/mol. The molecule has 0 unspecified atom stereocenters. The molecule has 0 N–H and O–H groups in total. The highest BCUT2D eigenvalue weighted by atomic mass is 35.5. The summed E-state index contributed by atoms with van der Waals surface area (Å²) in [6, 6.07) is 12.5. The number of methoxy groups -OCH3 is 1. The highest BCUT2D eigenvalue weighted by molar-refractivity contribution is 6.27. The second-order valence-corrected chi connectivity index (χ2v) is 6.07. The summed E-state index contributed by atoms with van der Waals surface area (Å²) in [4.78, 5) is 15.9. The van der Waals surface area contributed by atoms with Crippen molar-refractivity contribution in [1.29, 1.82) is 0 Å². The molecule has 1 aliphatic heterocycles. The third kappa shape index (κ3) is 3.59. The predicted molar refractivity (Wildman–Crippen MR) is 93.1 cm³/mol. The van der Waals surface area contributed by atoms with Crippen LogP contribution >= 0.6 is 11.6 Å². The van der Waals surface area contributed by atoms with Crippen LogP contribution in [-0.2, 0) is 11.3 Å². The Balaban J connectivity index is 1.76. The van der Waals surface area contributed by atoms with Gasteiger partial charge in [0.1, 0.15) is 11.6 Å². The van der Waals surface area contributed by atoms with Crippen LogP contribution in [0.3, 0.4) is 0 Å². The van der Waals surface area contributed by atoms with Gasteiger partial charge in [0.05, 0.1) is 7.11 Å². The highest BCUT2D eigenvalue weighted by Crippen LogP contribution is 2.26. The number of halogens is 1. The molecule has 1 amide bonds. The molecule has 1 heterocycles. The largest absolute Gasteiger partial charge is 0.497 e. The number of amides is 1. The van der Waals surface area contributed by atoms with Crippen LogP contribution in [0.2, 0.25) is 0 Å². The molecule has 0 spiro atoms. The van der Waals surface area contributed by atoms with Crippen molar-refractivity contribution >= 4 is 28.3 Å². The SMILES string of the molecule is COc1cc(CN2CCN(C(=O)CCl)CC2)c2ccccc2c1. The van der Waals surface area contributed by atoms with Crippen LogP contribution in [-0.4, -0.2) is 54.9 Å². The van der Waals surface area contributed by atoms with E-state index in [4.69, 9.17) is 16.3 Å². The fourth-order valence-electron chi connectivity index (χ4n) is 3.09. The number of ether oxygens (including phenoxy) is 1. The van der Waals surface area contributed by atoms with Gasteiger partial charge in [0.15, 0.2) is 0 Å². The predicted octanol–water partition coefficient (Wildman–Crippen LogP) is 2.73. The van der Waals surface area contributed by atoms with Crippen LogP contribution in [0.5, 0.6) is 5.75 Å². The number of hydrogen-bond donors (Lipinski definition) is 0. The van der Waals surface area contributed by atoms with E-state index in [1.807, 2.05) is 11.0 Å². The monoisotopic (exact) mass is 332 g/mol. The van der Waals surface area contributed by atoms with Gasteiger partial charge in [-0.15, -0.1) is 11.6 Å². The van der Waals surface area contributed by atoms with Crippen LogP contribution in [0.4, 0.5) is 0 Å². The fourth-order valence-corrected chi connectivity index (χ4v) is 3.26. The maximum atomic E-state index is 11.6.